The van der Waals surface area contributed by atoms with Gasteiger partial charge in [0.2, 0.25) is 0 Å². The van der Waals surface area contributed by atoms with E-state index in [1.807, 2.05) is 46.0 Å². The molecule has 174 valence electrons. The van der Waals surface area contributed by atoms with Gasteiger partial charge < -0.3 is 9.94 Å². The Bertz CT molecular complexity index is 896. The number of rotatable bonds is 12. The van der Waals surface area contributed by atoms with E-state index in [1.165, 1.54) is 12.0 Å². The molecule has 0 saturated heterocycles. The van der Waals surface area contributed by atoms with E-state index in [2.05, 4.69) is 4.98 Å². The highest BCUT2D eigenvalue weighted by atomic mass is 16.7. The molecule has 0 aliphatic rings. The van der Waals surface area contributed by atoms with Crippen molar-refractivity contribution in [3.63, 3.8) is 0 Å². The van der Waals surface area contributed by atoms with Gasteiger partial charge in [-0.05, 0) is 69.2 Å². The van der Waals surface area contributed by atoms with Gasteiger partial charge >= 0.3 is 0 Å². The van der Waals surface area contributed by atoms with Crippen molar-refractivity contribution < 1.29 is 19.5 Å². The van der Waals surface area contributed by atoms with Crippen molar-refractivity contribution in [3.8, 4) is 11.5 Å². The van der Waals surface area contributed by atoms with E-state index in [-0.39, 0.29) is 35.0 Å². The number of hydrogen-bond donors (Lipinski definition) is 1. The summed E-state index contributed by atoms with van der Waals surface area (Å²) in [4.78, 5) is 35.2. The molecule has 1 heterocycles. The fraction of sp³-hybridized carbons (Fsp3) is 0.500. The number of aromatic nitrogens is 1. The normalized spacial score (nSPS) is 11.9. The molecule has 1 unspecified atom stereocenters. The molecule has 2 rings (SSSR count). The SMILES string of the molecule is CCCc1c(ON(C(=O)CC(C)C)C(C)CCCc2cccnc2)ccc(C(C)=O)c1O. The molecule has 6 heteroatoms. The molecule has 2 aromatic rings. The van der Waals surface area contributed by atoms with Gasteiger partial charge in [-0.2, -0.15) is 5.06 Å². The average Bonchev–Trinajstić information content (AvgIpc) is 2.74. The van der Waals surface area contributed by atoms with Crippen LogP contribution in [0.3, 0.4) is 0 Å². The topological polar surface area (TPSA) is 79.7 Å². The second-order valence-electron chi connectivity index (χ2n) is 8.76. The number of phenols is 1. The Morgan fingerprint density at radius 2 is 1.91 bits per heavy atom. The number of aromatic hydroxyl groups is 1. The van der Waals surface area contributed by atoms with Crippen LogP contribution in [0.2, 0.25) is 0 Å². The van der Waals surface area contributed by atoms with Crippen LogP contribution in [0.4, 0.5) is 0 Å². The molecule has 1 aromatic heterocycles. The van der Waals surface area contributed by atoms with Gasteiger partial charge in [0.25, 0.3) is 5.91 Å². The highest BCUT2D eigenvalue weighted by Gasteiger charge is 2.25. The molecule has 0 bridgehead atoms. The summed E-state index contributed by atoms with van der Waals surface area (Å²) in [5.74, 6) is 0.261. The smallest absolute Gasteiger partial charge is 0.255 e. The molecule has 32 heavy (non-hydrogen) atoms. The third-order valence-electron chi connectivity index (χ3n) is 5.35. The standard InChI is InChI=1S/C26H36N2O4/c1-6-9-23-24(14-13-22(20(5)29)26(23)31)32-28(25(30)16-18(2)3)19(4)10-7-11-21-12-8-15-27-17-21/h8,12-15,17-19,31H,6-7,9-11,16H2,1-5H3. The summed E-state index contributed by atoms with van der Waals surface area (Å²) in [5.41, 5.74) is 1.99. The van der Waals surface area contributed by atoms with Crippen molar-refractivity contribution in [2.75, 3.05) is 0 Å². The Morgan fingerprint density at radius 3 is 2.50 bits per heavy atom. The second-order valence-corrected chi connectivity index (χ2v) is 8.76. The minimum absolute atomic E-state index is 0.0580. The lowest BCUT2D eigenvalue weighted by Gasteiger charge is -2.30. The monoisotopic (exact) mass is 440 g/mol. The first-order chi connectivity index (χ1) is 15.2. The summed E-state index contributed by atoms with van der Waals surface area (Å²) in [6.45, 7) is 9.39. The van der Waals surface area contributed by atoms with Gasteiger partial charge in [0.1, 0.15) is 5.75 Å². The van der Waals surface area contributed by atoms with Crippen molar-refractivity contribution in [2.45, 2.75) is 79.2 Å². The van der Waals surface area contributed by atoms with E-state index in [4.69, 9.17) is 4.84 Å². The Balaban J connectivity index is 2.23. The lowest BCUT2D eigenvalue weighted by Crippen LogP contribution is -2.42. The number of carbonyl (C=O) groups is 2. The maximum atomic E-state index is 13.0. The van der Waals surface area contributed by atoms with Crippen LogP contribution in [0.1, 0.15) is 81.8 Å². The largest absolute Gasteiger partial charge is 0.507 e. The molecule has 6 nitrogen and oxygen atoms in total. The van der Waals surface area contributed by atoms with Gasteiger partial charge in [-0.3, -0.25) is 14.6 Å². The lowest BCUT2D eigenvalue weighted by molar-refractivity contribution is -0.166. The Labute approximate surface area is 191 Å². The first-order valence-electron chi connectivity index (χ1n) is 11.5. The fourth-order valence-electron chi connectivity index (χ4n) is 3.68. The number of carbonyl (C=O) groups excluding carboxylic acids is 2. The molecule has 1 aromatic carbocycles. The van der Waals surface area contributed by atoms with Crippen LogP contribution in [0.25, 0.3) is 0 Å². The number of Topliss-reactive ketones (excluding diaryl/α,β-unsaturated/α-hetero) is 1. The number of ketones is 1. The number of aryl methyl sites for hydroxylation is 1. The minimum atomic E-state index is -0.206. The predicted octanol–water partition coefficient (Wildman–Crippen LogP) is 5.52. The molecular weight excluding hydrogens is 404 g/mol. The number of hydroxylamine groups is 2. The van der Waals surface area contributed by atoms with Gasteiger partial charge in [0, 0.05) is 24.4 Å². The van der Waals surface area contributed by atoms with Gasteiger partial charge in [-0.15, -0.1) is 0 Å². The maximum Gasteiger partial charge on any atom is 0.255 e. The molecule has 1 amide bonds. The molecule has 0 spiro atoms. The molecule has 0 saturated carbocycles. The number of hydrogen-bond acceptors (Lipinski definition) is 5. The van der Waals surface area contributed by atoms with Crippen molar-refractivity contribution in [1.82, 2.24) is 10.0 Å². The number of nitrogens with zero attached hydrogens (tertiary/aromatic N) is 2. The number of phenolic OH excluding ortho intramolecular Hbond substituents is 1. The minimum Gasteiger partial charge on any atom is -0.507 e. The molecule has 0 fully saturated rings. The summed E-state index contributed by atoms with van der Waals surface area (Å²) in [6, 6.07) is 7.06. The Hall–Kier alpha value is -2.89. The molecule has 0 aliphatic heterocycles. The maximum absolute atomic E-state index is 13.0. The second kappa shape index (κ2) is 12.2. The summed E-state index contributed by atoms with van der Waals surface area (Å²) >= 11 is 0. The molecule has 1 N–H and O–H groups in total. The molecule has 0 radical (unpaired) electrons. The molecule has 1 atom stereocenters. The average molecular weight is 441 g/mol. The van der Waals surface area contributed by atoms with Gasteiger partial charge in [0.05, 0.1) is 11.6 Å². The molecular formula is C26H36N2O4. The van der Waals surface area contributed by atoms with Crippen LogP contribution in [0.5, 0.6) is 11.5 Å². The van der Waals surface area contributed by atoms with Crippen molar-refractivity contribution in [2.24, 2.45) is 5.92 Å². The first-order valence-corrected chi connectivity index (χ1v) is 11.5. The van der Waals surface area contributed by atoms with Crippen LogP contribution >= 0.6 is 0 Å². The van der Waals surface area contributed by atoms with E-state index in [1.54, 1.807) is 18.3 Å². The number of pyridine rings is 1. The molecule has 0 aliphatic carbocycles. The quantitative estimate of drug-likeness (QED) is 0.347. The Morgan fingerprint density at radius 1 is 1.16 bits per heavy atom. The van der Waals surface area contributed by atoms with Crippen LogP contribution in [0.15, 0.2) is 36.7 Å². The third kappa shape index (κ3) is 7.08. The van der Waals surface area contributed by atoms with Crippen LogP contribution in [-0.2, 0) is 17.6 Å². The van der Waals surface area contributed by atoms with Crippen LogP contribution in [0, 0.1) is 5.92 Å². The van der Waals surface area contributed by atoms with E-state index >= 15 is 0 Å². The fourth-order valence-corrected chi connectivity index (χ4v) is 3.68. The summed E-state index contributed by atoms with van der Waals surface area (Å²) in [7, 11) is 0. The van der Waals surface area contributed by atoms with Crippen molar-refractivity contribution >= 4 is 11.7 Å². The highest BCUT2D eigenvalue weighted by molar-refractivity contribution is 5.97. The summed E-state index contributed by atoms with van der Waals surface area (Å²) < 4.78 is 0. The summed E-state index contributed by atoms with van der Waals surface area (Å²) in [5, 5.41) is 12.1. The van der Waals surface area contributed by atoms with Gasteiger partial charge in [-0.25, -0.2) is 0 Å². The van der Waals surface area contributed by atoms with Crippen LogP contribution in [-0.4, -0.2) is 32.9 Å². The first kappa shape index (κ1) is 25.4. The number of benzene rings is 1. The Kier molecular flexibility index (Phi) is 9.69. The van der Waals surface area contributed by atoms with Crippen LogP contribution < -0.4 is 4.84 Å². The van der Waals surface area contributed by atoms with E-state index in [9.17, 15) is 14.7 Å². The number of amides is 1. The van der Waals surface area contributed by atoms with Crippen molar-refractivity contribution in [1.29, 1.82) is 0 Å². The third-order valence-corrected chi connectivity index (χ3v) is 5.35. The van der Waals surface area contributed by atoms with E-state index in [0.717, 1.165) is 31.2 Å². The lowest BCUT2D eigenvalue weighted by atomic mass is 10.0. The summed E-state index contributed by atoms with van der Waals surface area (Å²) in [6.07, 6.45) is 7.83. The zero-order valence-corrected chi connectivity index (χ0v) is 19.9. The highest BCUT2D eigenvalue weighted by Crippen LogP contribution is 2.34. The van der Waals surface area contributed by atoms with Crippen molar-refractivity contribution in [3.05, 3.63) is 53.3 Å². The van der Waals surface area contributed by atoms with E-state index < -0.39 is 0 Å². The van der Waals surface area contributed by atoms with E-state index in [0.29, 0.717) is 24.2 Å². The predicted molar refractivity (Wildman–Crippen MR) is 126 cm³/mol. The van der Waals surface area contributed by atoms with Gasteiger partial charge in [0.15, 0.2) is 11.5 Å². The van der Waals surface area contributed by atoms with Gasteiger partial charge in [-0.1, -0.05) is 33.3 Å². The zero-order chi connectivity index (χ0) is 23.7. The zero-order valence-electron chi connectivity index (χ0n) is 19.9.